The fourth-order valence-corrected chi connectivity index (χ4v) is 5.13. The zero-order valence-electron chi connectivity index (χ0n) is 20.9. The van der Waals surface area contributed by atoms with Crippen molar-refractivity contribution in [2.24, 2.45) is 0 Å². The van der Waals surface area contributed by atoms with Crippen LogP contribution < -0.4 is 10.0 Å². The van der Waals surface area contributed by atoms with Gasteiger partial charge in [-0.3, -0.25) is 9.52 Å². The smallest absolute Gasteiger partial charge is 0.338 e. The number of rotatable bonds is 7. The highest BCUT2D eigenvalue weighted by Crippen LogP contribution is 2.33. The van der Waals surface area contributed by atoms with E-state index in [1.807, 2.05) is 35.1 Å². The second-order valence-corrected chi connectivity index (χ2v) is 10.5. The average molecular weight is 581 g/mol. The molecule has 1 aromatic heterocycles. The lowest BCUT2D eigenvalue weighted by Crippen LogP contribution is -2.15. The molecule has 0 unspecified atom stereocenters. The summed E-state index contributed by atoms with van der Waals surface area (Å²) < 4.78 is 80.3. The summed E-state index contributed by atoms with van der Waals surface area (Å²) in [6.07, 6.45) is -2.40. The van der Waals surface area contributed by atoms with Gasteiger partial charge in [-0.25, -0.2) is 17.8 Å². The van der Waals surface area contributed by atoms with E-state index in [2.05, 4.69) is 15.3 Å². The molecule has 0 saturated heterocycles. The standard InChI is InChI=1S/C29H20F4N4O3S/c30-23-14-13-19(17-22(23)29(31,32)33)37-41(39,40)20-7-5-6-18(16-20)12-15-27(38)34-24-9-2-1-8-21(24)28-35-25-10-3-4-11-26(25)36-28/h1-17,37H,(H,34,38)(H,35,36)/b15-12+. The van der Waals surface area contributed by atoms with Crippen molar-refractivity contribution in [2.45, 2.75) is 11.1 Å². The number of nitrogens with zero attached hydrogens (tertiary/aromatic N) is 1. The van der Waals surface area contributed by atoms with Crippen LogP contribution in [0.2, 0.25) is 0 Å². The highest BCUT2D eigenvalue weighted by atomic mass is 32.2. The van der Waals surface area contributed by atoms with E-state index in [1.165, 1.54) is 30.4 Å². The van der Waals surface area contributed by atoms with Crippen LogP contribution in [0.1, 0.15) is 11.1 Å². The van der Waals surface area contributed by atoms with Crippen molar-refractivity contribution >= 4 is 44.4 Å². The summed E-state index contributed by atoms with van der Waals surface area (Å²) in [6, 6.07) is 21.8. The molecule has 12 heteroatoms. The van der Waals surface area contributed by atoms with Gasteiger partial charge in [0.1, 0.15) is 11.6 Å². The zero-order chi connectivity index (χ0) is 29.2. The lowest BCUT2D eigenvalue weighted by Gasteiger charge is -2.12. The van der Waals surface area contributed by atoms with E-state index in [-0.39, 0.29) is 4.90 Å². The number of hydrogen-bond acceptors (Lipinski definition) is 4. The number of amides is 1. The first kappa shape index (κ1) is 27.6. The number of hydrogen-bond donors (Lipinski definition) is 3. The minimum Gasteiger partial charge on any atom is -0.338 e. The number of aromatic nitrogens is 2. The summed E-state index contributed by atoms with van der Waals surface area (Å²) in [4.78, 5) is 20.2. The number of carbonyl (C=O) groups is 1. The van der Waals surface area contributed by atoms with Gasteiger partial charge < -0.3 is 10.3 Å². The minimum absolute atomic E-state index is 0.270. The Labute approximate surface area is 231 Å². The van der Waals surface area contributed by atoms with Crippen LogP contribution in [0.5, 0.6) is 0 Å². The molecule has 0 atom stereocenters. The number of alkyl halides is 3. The summed E-state index contributed by atoms with van der Waals surface area (Å²) in [7, 11) is -4.33. The topological polar surface area (TPSA) is 104 Å². The molecule has 0 aliphatic rings. The quantitative estimate of drug-likeness (QED) is 0.145. The molecule has 0 fully saturated rings. The number of benzene rings is 4. The molecule has 1 heterocycles. The molecule has 1 amide bonds. The van der Waals surface area contributed by atoms with Gasteiger partial charge in [0.25, 0.3) is 10.0 Å². The number of carbonyl (C=O) groups excluding carboxylic acids is 1. The molecule has 0 radical (unpaired) electrons. The van der Waals surface area contributed by atoms with Crippen molar-refractivity contribution in [2.75, 3.05) is 10.0 Å². The van der Waals surface area contributed by atoms with Crippen molar-refractivity contribution in [3.8, 4) is 11.4 Å². The first-order valence-corrected chi connectivity index (χ1v) is 13.5. The molecular formula is C29H20F4N4O3S. The van der Waals surface area contributed by atoms with Crippen molar-refractivity contribution in [3.63, 3.8) is 0 Å². The van der Waals surface area contributed by atoms with Crippen LogP contribution in [0.15, 0.2) is 102 Å². The molecule has 0 aliphatic heterocycles. The fraction of sp³-hybridized carbons (Fsp3) is 0.0345. The molecule has 41 heavy (non-hydrogen) atoms. The van der Waals surface area contributed by atoms with Gasteiger partial charge in [-0.15, -0.1) is 0 Å². The van der Waals surface area contributed by atoms with Crippen molar-refractivity contribution in [3.05, 3.63) is 114 Å². The second-order valence-electron chi connectivity index (χ2n) is 8.84. The second kappa shape index (κ2) is 10.9. The molecule has 0 saturated carbocycles. The predicted octanol–water partition coefficient (Wildman–Crippen LogP) is 6.84. The first-order chi connectivity index (χ1) is 19.5. The maximum Gasteiger partial charge on any atom is 0.419 e. The maximum atomic E-state index is 13.6. The van der Waals surface area contributed by atoms with Crippen molar-refractivity contribution in [1.82, 2.24) is 9.97 Å². The number of sulfonamides is 1. The number of anilines is 2. The third-order valence-corrected chi connectivity index (χ3v) is 7.33. The molecule has 5 rings (SSSR count). The molecule has 0 bridgehead atoms. The Kier molecular flexibility index (Phi) is 7.33. The highest BCUT2D eigenvalue weighted by Gasteiger charge is 2.34. The summed E-state index contributed by atoms with van der Waals surface area (Å²) in [5.41, 5.74) is 1.06. The molecule has 5 aromatic rings. The average Bonchev–Trinajstić information content (AvgIpc) is 3.37. The van der Waals surface area contributed by atoms with E-state index in [0.29, 0.717) is 34.8 Å². The Morgan fingerprint density at radius 2 is 1.66 bits per heavy atom. The lowest BCUT2D eigenvalue weighted by atomic mass is 10.1. The van der Waals surface area contributed by atoms with Gasteiger partial charge in [0.2, 0.25) is 5.91 Å². The summed E-state index contributed by atoms with van der Waals surface area (Å²) in [5, 5.41) is 2.78. The SMILES string of the molecule is O=C(/C=C/c1cccc(S(=O)(=O)Nc2ccc(F)c(C(F)(F)F)c2)c1)Nc1ccccc1-c1nc2ccccc2[nH]1. The minimum atomic E-state index is -5.00. The van der Waals surface area contributed by atoms with Crippen LogP contribution in [-0.4, -0.2) is 24.3 Å². The Balaban J connectivity index is 1.32. The van der Waals surface area contributed by atoms with Crippen molar-refractivity contribution in [1.29, 1.82) is 0 Å². The van der Waals surface area contributed by atoms with Gasteiger partial charge in [-0.2, -0.15) is 13.2 Å². The van der Waals surface area contributed by atoms with Gasteiger partial charge in [-0.05, 0) is 66.2 Å². The zero-order valence-corrected chi connectivity index (χ0v) is 21.7. The highest BCUT2D eigenvalue weighted by molar-refractivity contribution is 7.92. The van der Waals surface area contributed by atoms with Crippen LogP contribution in [-0.2, 0) is 21.0 Å². The molecule has 3 N–H and O–H groups in total. The van der Waals surface area contributed by atoms with Crippen LogP contribution in [0, 0.1) is 5.82 Å². The maximum absolute atomic E-state index is 13.6. The Morgan fingerprint density at radius 1 is 0.902 bits per heavy atom. The number of para-hydroxylation sites is 3. The monoisotopic (exact) mass is 580 g/mol. The normalized spacial score (nSPS) is 12.1. The molecular weight excluding hydrogens is 560 g/mol. The van der Waals surface area contributed by atoms with Crippen LogP contribution >= 0.6 is 0 Å². The van der Waals surface area contributed by atoms with Gasteiger partial charge in [0.15, 0.2) is 0 Å². The van der Waals surface area contributed by atoms with E-state index in [0.717, 1.165) is 17.1 Å². The van der Waals surface area contributed by atoms with Crippen molar-refractivity contribution < 1.29 is 30.8 Å². The largest absolute Gasteiger partial charge is 0.419 e. The number of H-pyrrole nitrogens is 1. The molecule has 4 aromatic carbocycles. The summed E-state index contributed by atoms with van der Waals surface area (Å²) in [5.74, 6) is -1.45. The molecule has 0 spiro atoms. The van der Waals surface area contributed by atoms with E-state index in [1.54, 1.807) is 24.3 Å². The van der Waals surface area contributed by atoms with Crippen LogP contribution in [0.4, 0.5) is 28.9 Å². The van der Waals surface area contributed by atoms with Gasteiger partial charge in [0, 0.05) is 17.3 Å². The van der Waals surface area contributed by atoms with Crippen LogP contribution in [0.25, 0.3) is 28.5 Å². The first-order valence-electron chi connectivity index (χ1n) is 12.0. The van der Waals surface area contributed by atoms with E-state index in [4.69, 9.17) is 0 Å². The number of fused-ring (bicyclic) bond motifs is 1. The fourth-order valence-electron chi connectivity index (χ4n) is 4.03. The Morgan fingerprint density at radius 3 is 2.44 bits per heavy atom. The summed E-state index contributed by atoms with van der Waals surface area (Å²) >= 11 is 0. The third-order valence-electron chi connectivity index (χ3n) is 5.95. The van der Waals surface area contributed by atoms with Gasteiger partial charge in [0.05, 0.1) is 27.2 Å². The third kappa shape index (κ3) is 6.28. The number of imidazole rings is 1. The van der Waals surface area contributed by atoms with E-state index >= 15 is 0 Å². The Bertz CT molecular complexity index is 1870. The molecule has 7 nitrogen and oxygen atoms in total. The number of halogens is 4. The molecule has 208 valence electrons. The van der Waals surface area contributed by atoms with E-state index in [9.17, 15) is 30.8 Å². The summed E-state index contributed by atoms with van der Waals surface area (Å²) in [6.45, 7) is 0. The Hall–Kier alpha value is -4.97. The van der Waals surface area contributed by atoms with Gasteiger partial charge in [-0.1, -0.05) is 36.4 Å². The lowest BCUT2D eigenvalue weighted by molar-refractivity contribution is -0.139. The number of aromatic amines is 1. The van der Waals surface area contributed by atoms with E-state index < -0.39 is 39.2 Å². The predicted molar refractivity (Wildman–Crippen MR) is 148 cm³/mol. The van der Waals surface area contributed by atoms with Gasteiger partial charge >= 0.3 is 6.18 Å². The number of nitrogens with one attached hydrogen (secondary N) is 3. The molecule has 0 aliphatic carbocycles. The van der Waals surface area contributed by atoms with Crippen LogP contribution in [0.3, 0.4) is 0 Å².